The minimum atomic E-state index is -0.555. The van der Waals surface area contributed by atoms with Crippen molar-refractivity contribution in [2.45, 2.75) is 0 Å². The molecule has 0 saturated carbocycles. The first-order valence-electron chi connectivity index (χ1n) is 3.61. The van der Waals surface area contributed by atoms with Crippen LogP contribution in [0.2, 0.25) is 0 Å². The molecule has 14 heavy (non-hydrogen) atoms. The van der Waals surface area contributed by atoms with Crippen molar-refractivity contribution in [1.82, 2.24) is 0 Å². The number of nitro groups is 1. The summed E-state index contributed by atoms with van der Waals surface area (Å²) in [6.45, 7) is 0. The summed E-state index contributed by atoms with van der Waals surface area (Å²) in [4.78, 5) is 9.90. The minimum absolute atomic E-state index is 0.251. The van der Waals surface area contributed by atoms with E-state index in [4.69, 9.17) is 4.42 Å². The number of halogens is 2. The SMILES string of the molecule is O=[N+]([O-])c1cc2cc(Br)cc(Br)c2o1. The Morgan fingerprint density at radius 3 is 2.64 bits per heavy atom. The monoisotopic (exact) mass is 319 g/mol. The van der Waals surface area contributed by atoms with Gasteiger partial charge < -0.3 is 4.42 Å². The average Bonchev–Trinajstić information content (AvgIpc) is 2.47. The third-order valence-electron chi connectivity index (χ3n) is 1.70. The Morgan fingerprint density at radius 1 is 1.29 bits per heavy atom. The van der Waals surface area contributed by atoms with Crippen LogP contribution < -0.4 is 0 Å². The van der Waals surface area contributed by atoms with Crippen LogP contribution in [0.15, 0.2) is 31.6 Å². The third-order valence-corrected chi connectivity index (χ3v) is 2.75. The van der Waals surface area contributed by atoms with Crippen molar-refractivity contribution >= 4 is 48.7 Å². The predicted molar refractivity (Wildman–Crippen MR) is 58.3 cm³/mol. The largest absolute Gasteiger partial charge is 0.434 e. The summed E-state index contributed by atoms with van der Waals surface area (Å²) in [6.07, 6.45) is 0. The number of furan rings is 1. The number of nitrogens with zero attached hydrogens (tertiary/aromatic N) is 1. The van der Waals surface area contributed by atoms with Gasteiger partial charge in [0, 0.05) is 9.86 Å². The molecule has 0 N–H and O–H groups in total. The van der Waals surface area contributed by atoms with Crippen molar-refractivity contribution in [3.63, 3.8) is 0 Å². The Bertz CT molecular complexity index is 521. The van der Waals surface area contributed by atoms with Crippen LogP contribution in [0, 0.1) is 10.1 Å². The smallest absolute Gasteiger partial charge is 0.399 e. The maximum atomic E-state index is 10.5. The van der Waals surface area contributed by atoms with Gasteiger partial charge in [0.2, 0.25) is 0 Å². The number of hydrogen-bond donors (Lipinski definition) is 0. The van der Waals surface area contributed by atoms with E-state index in [1.54, 1.807) is 12.1 Å². The Balaban J connectivity index is 2.76. The van der Waals surface area contributed by atoms with Gasteiger partial charge in [-0.15, -0.1) is 0 Å². The molecular formula is C8H3Br2NO3. The van der Waals surface area contributed by atoms with Crippen LogP contribution in [0.1, 0.15) is 0 Å². The number of hydrogen-bond acceptors (Lipinski definition) is 3. The zero-order valence-electron chi connectivity index (χ0n) is 6.66. The minimum Gasteiger partial charge on any atom is -0.399 e. The zero-order valence-corrected chi connectivity index (χ0v) is 9.83. The lowest BCUT2D eigenvalue weighted by Crippen LogP contribution is -1.82. The van der Waals surface area contributed by atoms with Gasteiger partial charge in [0.15, 0.2) is 5.58 Å². The van der Waals surface area contributed by atoms with E-state index in [1.807, 2.05) is 0 Å². The molecule has 0 saturated heterocycles. The van der Waals surface area contributed by atoms with Gasteiger partial charge in [0.05, 0.1) is 10.5 Å². The Kier molecular flexibility index (Phi) is 2.32. The highest BCUT2D eigenvalue weighted by Crippen LogP contribution is 2.33. The summed E-state index contributed by atoms with van der Waals surface area (Å²) in [6, 6.07) is 4.93. The van der Waals surface area contributed by atoms with Crippen LogP contribution in [0.3, 0.4) is 0 Å². The molecule has 0 bridgehead atoms. The van der Waals surface area contributed by atoms with Gasteiger partial charge in [-0.2, -0.15) is 0 Å². The van der Waals surface area contributed by atoms with Crippen molar-refractivity contribution in [3.8, 4) is 0 Å². The average molecular weight is 321 g/mol. The molecule has 2 aromatic rings. The van der Waals surface area contributed by atoms with E-state index in [0.29, 0.717) is 15.4 Å². The molecule has 1 heterocycles. The molecule has 0 fully saturated rings. The normalized spacial score (nSPS) is 10.7. The van der Waals surface area contributed by atoms with Gasteiger partial charge >= 0.3 is 5.88 Å². The van der Waals surface area contributed by atoms with Crippen LogP contribution in [-0.4, -0.2) is 4.92 Å². The number of fused-ring (bicyclic) bond motifs is 1. The van der Waals surface area contributed by atoms with E-state index < -0.39 is 4.92 Å². The molecule has 0 radical (unpaired) electrons. The molecule has 0 aliphatic heterocycles. The predicted octanol–water partition coefficient (Wildman–Crippen LogP) is 3.87. The summed E-state index contributed by atoms with van der Waals surface area (Å²) in [5, 5.41) is 11.1. The first kappa shape index (κ1) is 9.67. The fourth-order valence-corrected chi connectivity index (χ4v) is 2.49. The summed E-state index contributed by atoms with van der Waals surface area (Å²) < 4.78 is 6.58. The molecule has 2 rings (SSSR count). The van der Waals surface area contributed by atoms with E-state index >= 15 is 0 Å². The molecule has 0 atom stereocenters. The first-order chi connectivity index (χ1) is 6.58. The fourth-order valence-electron chi connectivity index (χ4n) is 1.15. The molecule has 0 spiro atoms. The summed E-state index contributed by atoms with van der Waals surface area (Å²) in [5.41, 5.74) is 0.486. The van der Waals surface area contributed by atoms with Gasteiger partial charge in [-0.3, -0.25) is 10.1 Å². The second-order valence-electron chi connectivity index (χ2n) is 2.65. The standard InChI is InChI=1S/C8H3Br2NO3/c9-5-1-4-2-7(11(12)13)14-8(4)6(10)3-5/h1-3H. The van der Waals surface area contributed by atoms with Crippen LogP contribution in [0.4, 0.5) is 5.88 Å². The second kappa shape index (κ2) is 3.36. The van der Waals surface area contributed by atoms with Crippen molar-refractivity contribution in [2.24, 2.45) is 0 Å². The molecule has 6 heteroatoms. The molecule has 72 valence electrons. The Hall–Kier alpha value is -0.880. The summed E-state index contributed by atoms with van der Waals surface area (Å²) in [5.74, 6) is -0.251. The van der Waals surface area contributed by atoms with Gasteiger partial charge in [0.25, 0.3) is 0 Å². The van der Waals surface area contributed by atoms with Gasteiger partial charge in [-0.25, -0.2) is 0 Å². The first-order valence-corrected chi connectivity index (χ1v) is 5.19. The Labute approximate surface area is 95.3 Å². The van der Waals surface area contributed by atoms with Gasteiger partial charge in [-0.1, -0.05) is 15.9 Å². The van der Waals surface area contributed by atoms with Gasteiger partial charge in [0.1, 0.15) is 4.92 Å². The lowest BCUT2D eigenvalue weighted by molar-refractivity contribution is -0.401. The molecule has 0 amide bonds. The second-order valence-corrected chi connectivity index (χ2v) is 4.42. The van der Waals surface area contributed by atoms with Crippen molar-refractivity contribution in [2.75, 3.05) is 0 Å². The van der Waals surface area contributed by atoms with E-state index in [2.05, 4.69) is 31.9 Å². The Morgan fingerprint density at radius 2 is 2.00 bits per heavy atom. The zero-order chi connectivity index (χ0) is 10.3. The molecule has 0 unspecified atom stereocenters. The van der Waals surface area contributed by atoms with E-state index in [1.165, 1.54) is 6.07 Å². The quantitative estimate of drug-likeness (QED) is 0.592. The summed E-state index contributed by atoms with van der Waals surface area (Å²) >= 11 is 6.55. The van der Waals surface area contributed by atoms with Crippen molar-refractivity contribution in [3.05, 3.63) is 37.3 Å². The van der Waals surface area contributed by atoms with E-state index in [9.17, 15) is 10.1 Å². The number of benzene rings is 1. The van der Waals surface area contributed by atoms with Crippen LogP contribution >= 0.6 is 31.9 Å². The lowest BCUT2D eigenvalue weighted by atomic mass is 10.3. The highest BCUT2D eigenvalue weighted by atomic mass is 79.9. The van der Waals surface area contributed by atoms with Gasteiger partial charge in [-0.05, 0) is 28.1 Å². The molecule has 1 aromatic carbocycles. The van der Waals surface area contributed by atoms with E-state index in [-0.39, 0.29) is 5.88 Å². The maximum absolute atomic E-state index is 10.5. The van der Waals surface area contributed by atoms with Crippen LogP contribution in [0.25, 0.3) is 11.0 Å². The molecule has 4 nitrogen and oxygen atoms in total. The van der Waals surface area contributed by atoms with Crippen molar-refractivity contribution in [1.29, 1.82) is 0 Å². The highest BCUT2D eigenvalue weighted by molar-refractivity contribution is 9.11. The molecule has 0 aliphatic carbocycles. The van der Waals surface area contributed by atoms with Crippen LogP contribution in [-0.2, 0) is 0 Å². The molecule has 0 aliphatic rings. The number of rotatable bonds is 1. The van der Waals surface area contributed by atoms with Crippen LogP contribution in [0.5, 0.6) is 0 Å². The fraction of sp³-hybridized carbons (Fsp3) is 0. The topological polar surface area (TPSA) is 56.3 Å². The third kappa shape index (κ3) is 1.55. The molecular weight excluding hydrogens is 318 g/mol. The lowest BCUT2D eigenvalue weighted by Gasteiger charge is -1.92. The van der Waals surface area contributed by atoms with E-state index in [0.717, 1.165) is 4.47 Å². The molecule has 1 aromatic heterocycles. The maximum Gasteiger partial charge on any atom is 0.434 e. The summed E-state index contributed by atoms with van der Waals surface area (Å²) in [7, 11) is 0. The van der Waals surface area contributed by atoms with Crippen molar-refractivity contribution < 1.29 is 9.34 Å². The highest BCUT2D eigenvalue weighted by Gasteiger charge is 2.15.